The van der Waals surface area contributed by atoms with Crippen molar-refractivity contribution in [2.75, 3.05) is 4.43 Å². The lowest BCUT2D eigenvalue weighted by Crippen LogP contribution is -2.64. The molecule has 0 aliphatic carbocycles. The first-order chi connectivity index (χ1) is 8.44. The summed E-state index contributed by atoms with van der Waals surface area (Å²) in [6, 6.07) is 0. The van der Waals surface area contributed by atoms with Crippen LogP contribution in [0.25, 0.3) is 0 Å². The summed E-state index contributed by atoms with van der Waals surface area (Å²) in [5, 5.41) is -5.78. The smallest absolute Gasteiger partial charge is 0.200 e. The molecule has 0 aromatic heterocycles. The van der Waals surface area contributed by atoms with Gasteiger partial charge in [-0.1, -0.05) is 42.2 Å². The zero-order valence-corrected chi connectivity index (χ0v) is 14.5. The molecule has 1 unspecified atom stereocenters. The van der Waals surface area contributed by atoms with Gasteiger partial charge in [0.25, 0.3) is 0 Å². The summed E-state index contributed by atoms with van der Waals surface area (Å²) in [6.07, 6.45) is 0. The second-order valence-electron chi connectivity index (χ2n) is 5.34. The quantitative estimate of drug-likeness (QED) is 0.201. The van der Waals surface area contributed by atoms with Gasteiger partial charge in [-0.05, 0) is 11.6 Å². The maximum Gasteiger partial charge on any atom is 0.392 e. The molecule has 0 amide bonds. The molecule has 0 rings (SSSR count). The maximum absolute atomic E-state index is 13.8. The number of alkyl halides is 10. The summed E-state index contributed by atoms with van der Waals surface area (Å²) in [5.74, 6) is -17.9. The van der Waals surface area contributed by atoms with Crippen LogP contribution in [0, 0.1) is 0 Å². The summed E-state index contributed by atoms with van der Waals surface area (Å²) >= 11 is 5.24. The normalized spacial score (nSPS) is 17.2. The standard InChI is InChI=1S/C9H12ClF8ISi/c1-20(2,3)5(4-19)6(11,12)7(13,14)8(15,16)9(10,17)18/h5H,4H2,1-3H3. The van der Waals surface area contributed by atoms with Crippen molar-refractivity contribution >= 4 is 42.3 Å². The molecule has 0 aromatic carbocycles. The van der Waals surface area contributed by atoms with Crippen LogP contribution in [0.5, 0.6) is 0 Å². The monoisotopic (exact) mass is 462 g/mol. The van der Waals surface area contributed by atoms with E-state index in [2.05, 4.69) is 11.6 Å². The van der Waals surface area contributed by atoms with E-state index in [4.69, 9.17) is 0 Å². The van der Waals surface area contributed by atoms with Crippen LogP contribution >= 0.6 is 34.2 Å². The first kappa shape index (κ1) is 20.7. The number of halogens is 10. The molecule has 0 fully saturated rings. The van der Waals surface area contributed by atoms with Gasteiger partial charge in [0.1, 0.15) is 0 Å². The Bertz CT molecular complexity index is 349. The van der Waals surface area contributed by atoms with Gasteiger partial charge in [0.15, 0.2) is 0 Å². The molecule has 20 heavy (non-hydrogen) atoms. The lowest BCUT2D eigenvalue weighted by Gasteiger charge is -2.41. The van der Waals surface area contributed by atoms with Crippen LogP contribution in [-0.2, 0) is 0 Å². The van der Waals surface area contributed by atoms with Crippen LogP contribution in [-0.4, -0.2) is 35.7 Å². The van der Waals surface area contributed by atoms with Crippen LogP contribution in [0.15, 0.2) is 0 Å². The molecule has 0 aliphatic rings. The molecule has 1 atom stereocenters. The molecule has 0 nitrogen and oxygen atoms in total. The highest BCUT2D eigenvalue weighted by atomic mass is 127. The number of hydrogen-bond donors (Lipinski definition) is 0. The molecular formula is C9H12ClF8ISi. The van der Waals surface area contributed by atoms with E-state index < -0.39 is 41.2 Å². The van der Waals surface area contributed by atoms with Crippen molar-refractivity contribution in [1.82, 2.24) is 0 Å². The average molecular weight is 463 g/mol. The minimum Gasteiger partial charge on any atom is -0.200 e. The molecule has 0 bridgehead atoms. The fourth-order valence-electron chi connectivity index (χ4n) is 1.48. The van der Waals surface area contributed by atoms with Gasteiger partial charge in [-0.15, -0.1) is 0 Å². The highest BCUT2D eigenvalue weighted by Crippen LogP contribution is 2.58. The fraction of sp³-hybridized carbons (Fsp3) is 1.00. The molecule has 0 radical (unpaired) electrons. The van der Waals surface area contributed by atoms with Gasteiger partial charge in [-0.25, -0.2) is 0 Å². The summed E-state index contributed by atoms with van der Waals surface area (Å²) in [5.41, 5.74) is -2.12. The molecule has 0 aromatic rings. The first-order valence-corrected chi connectivity index (χ1v) is 10.7. The third kappa shape index (κ3) is 3.36. The van der Waals surface area contributed by atoms with E-state index in [-0.39, 0.29) is 0 Å². The molecule has 0 saturated heterocycles. The summed E-state index contributed by atoms with van der Waals surface area (Å²) in [4.78, 5) is 0. The van der Waals surface area contributed by atoms with Crippen molar-refractivity contribution in [2.24, 2.45) is 0 Å². The molecule has 0 aliphatic heterocycles. The van der Waals surface area contributed by atoms with E-state index in [0.29, 0.717) is 0 Å². The Morgan fingerprint density at radius 2 is 1.25 bits per heavy atom. The topological polar surface area (TPSA) is 0 Å². The van der Waals surface area contributed by atoms with Gasteiger partial charge < -0.3 is 0 Å². The number of hydrogen-bond acceptors (Lipinski definition) is 0. The highest BCUT2D eigenvalue weighted by Gasteiger charge is 2.82. The first-order valence-electron chi connectivity index (χ1n) is 5.20. The lowest BCUT2D eigenvalue weighted by atomic mass is 10.0. The van der Waals surface area contributed by atoms with Gasteiger partial charge in [0.2, 0.25) is 0 Å². The third-order valence-corrected chi connectivity index (χ3v) is 7.41. The van der Waals surface area contributed by atoms with Gasteiger partial charge in [0, 0.05) is 9.97 Å². The van der Waals surface area contributed by atoms with Crippen molar-refractivity contribution in [3.05, 3.63) is 0 Å². The minimum absolute atomic E-state index is 0.569. The van der Waals surface area contributed by atoms with Crippen molar-refractivity contribution in [1.29, 1.82) is 0 Å². The second-order valence-corrected chi connectivity index (χ2v) is 12.1. The zero-order chi connectivity index (χ0) is 16.8. The number of rotatable bonds is 6. The van der Waals surface area contributed by atoms with Crippen LogP contribution in [0.4, 0.5) is 35.1 Å². The van der Waals surface area contributed by atoms with Gasteiger partial charge in [-0.3, -0.25) is 0 Å². The Morgan fingerprint density at radius 1 is 0.900 bits per heavy atom. The summed E-state index contributed by atoms with van der Waals surface area (Å²) < 4.78 is 105. The molecule has 0 heterocycles. The predicted molar refractivity (Wildman–Crippen MR) is 71.6 cm³/mol. The van der Waals surface area contributed by atoms with Crippen LogP contribution in [0.1, 0.15) is 0 Å². The third-order valence-electron chi connectivity index (χ3n) is 2.81. The van der Waals surface area contributed by atoms with E-state index in [1.165, 1.54) is 42.2 Å². The van der Waals surface area contributed by atoms with Crippen molar-refractivity contribution in [3.8, 4) is 0 Å². The van der Waals surface area contributed by atoms with Gasteiger partial charge in [0.05, 0.1) is 8.07 Å². The van der Waals surface area contributed by atoms with Crippen molar-refractivity contribution in [3.63, 3.8) is 0 Å². The average Bonchev–Trinajstić information content (AvgIpc) is 2.12. The van der Waals surface area contributed by atoms with Crippen LogP contribution in [0.3, 0.4) is 0 Å². The largest absolute Gasteiger partial charge is 0.392 e. The SMILES string of the molecule is C[Si](C)(C)C(CI)C(F)(F)C(F)(F)C(F)(F)C(F)(F)Cl. The Balaban J connectivity index is 5.92. The van der Waals surface area contributed by atoms with E-state index in [9.17, 15) is 35.1 Å². The predicted octanol–water partition coefficient (Wildman–Crippen LogP) is 5.87. The van der Waals surface area contributed by atoms with E-state index in [1.807, 2.05) is 0 Å². The van der Waals surface area contributed by atoms with Crippen LogP contribution in [0.2, 0.25) is 25.2 Å². The lowest BCUT2D eigenvalue weighted by molar-refractivity contribution is -0.348. The Hall–Kier alpha value is 0.677. The van der Waals surface area contributed by atoms with E-state index in [0.717, 1.165) is 0 Å². The molecule has 0 N–H and O–H groups in total. The van der Waals surface area contributed by atoms with Gasteiger partial charge in [-0.2, -0.15) is 35.1 Å². The Morgan fingerprint density at radius 3 is 1.45 bits per heavy atom. The zero-order valence-electron chi connectivity index (χ0n) is 10.6. The Kier molecular flexibility index (Phi) is 5.90. The molecular weight excluding hydrogens is 451 g/mol. The second kappa shape index (κ2) is 5.71. The summed E-state index contributed by atoms with van der Waals surface area (Å²) in [6.45, 7) is 3.78. The highest BCUT2D eigenvalue weighted by molar-refractivity contribution is 14.1. The Labute approximate surface area is 130 Å². The summed E-state index contributed by atoms with van der Waals surface area (Å²) in [7, 11) is -3.03. The molecule has 11 heteroatoms. The van der Waals surface area contributed by atoms with Crippen LogP contribution < -0.4 is 0 Å². The van der Waals surface area contributed by atoms with Gasteiger partial charge >= 0.3 is 23.1 Å². The minimum atomic E-state index is -6.37. The molecule has 0 spiro atoms. The fourth-order valence-corrected chi connectivity index (χ4v) is 7.85. The van der Waals surface area contributed by atoms with E-state index in [1.54, 1.807) is 0 Å². The molecule has 0 saturated carbocycles. The van der Waals surface area contributed by atoms with Crippen molar-refractivity contribution < 1.29 is 35.1 Å². The molecule has 122 valence electrons. The van der Waals surface area contributed by atoms with E-state index >= 15 is 0 Å². The maximum atomic E-state index is 13.8. The van der Waals surface area contributed by atoms with Crippen molar-refractivity contribution in [2.45, 2.75) is 48.3 Å².